The van der Waals surface area contributed by atoms with Crippen LogP contribution in [-0.4, -0.2) is 40.9 Å². The largest absolute Gasteiger partial charge is 0.318 e. The van der Waals surface area contributed by atoms with Gasteiger partial charge in [0.2, 0.25) is 0 Å². The fourth-order valence-corrected chi connectivity index (χ4v) is 3.03. The highest BCUT2D eigenvalue weighted by atomic mass is 19.1. The minimum absolute atomic E-state index is 0.265. The molecule has 118 valence electrons. The molecule has 2 heterocycles. The standard InChI is InChI=1S/C16H20F2N4/c1-19-10-14-3-2-7-21(14)11-13-6-8-22(20-13)16-5-4-12(17)9-15(16)18/h4-6,8-9,14,19H,2-3,7,10-11H2,1H3. The Hall–Kier alpha value is -1.79. The van der Waals surface area contributed by atoms with Crippen LogP contribution in [-0.2, 0) is 6.54 Å². The maximum atomic E-state index is 13.8. The van der Waals surface area contributed by atoms with E-state index < -0.39 is 11.6 Å². The Morgan fingerprint density at radius 1 is 1.32 bits per heavy atom. The average molecular weight is 306 g/mol. The first-order valence-electron chi connectivity index (χ1n) is 7.56. The summed E-state index contributed by atoms with van der Waals surface area (Å²) in [5, 5.41) is 7.64. The third-order valence-electron chi connectivity index (χ3n) is 4.10. The molecule has 0 saturated carbocycles. The maximum absolute atomic E-state index is 13.8. The number of likely N-dealkylation sites (N-methyl/N-ethyl adjacent to an activating group) is 1. The number of halogens is 2. The molecule has 6 heteroatoms. The van der Waals surface area contributed by atoms with Crippen LogP contribution in [0.25, 0.3) is 5.69 Å². The van der Waals surface area contributed by atoms with E-state index in [1.165, 1.54) is 29.7 Å². The van der Waals surface area contributed by atoms with Crippen LogP contribution >= 0.6 is 0 Å². The summed E-state index contributed by atoms with van der Waals surface area (Å²) in [6.45, 7) is 2.78. The molecule has 0 amide bonds. The van der Waals surface area contributed by atoms with Gasteiger partial charge in [-0.2, -0.15) is 5.10 Å². The molecule has 1 aromatic carbocycles. The predicted molar refractivity (Wildman–Crippen MR) is 80.8 cm³/mol. The molecule has 2 aromatic rings. The Morgan fingerprint density at radius 3 is 2.95 bits per heavy atom. The van der Waals surface area contributed by atoms with Crippen LogP contribution in [0.2, 0.25) is 0 Å². The van der Waals surface area contributed by atoms with Gasteiger partial charge in [-0.25, -0.2) is 13.5 Å². The Labute approximate surface area is 128 Å². The molecule has 1 aliphatic rings. The second-order valence-electron chi connectivity index (χ2n) is 5.67. The summed E-state index contributed by atoms with van der Waals surface area (Å²) in [5.74, 6) is -1.19. The van der Waals surface area contributed by atoms with Crippen molar-refractivity contribution in [2.45, 2.75) is 25.4 Å². The quantitative estimate of drug-likeness (QED) is 0.920. The number of hydrogen-bond acceptors (Lipinski definition) is 3. The lowest BCUT2D eigenvalue weighted by molar-refractivity contribution is 0.239. The van der Waals surface area contributed by atoms with Crippen molar-refractivity contribution in [2.75, 3.05) is 20.1 Å². The molecular formula is C16H20F2N4. The van der Waals surface area contributed by atoms with Crippen LogP contribution in [0.15, 0.2) is 30.5 Å². The Morgan fingerprint density at radius 2 is 2.18 bits per heavy atom. The fourth-order valence-electron chi connectivity index (χ4n) is 3.03. The third-order valence-corrected chi connectivity index (χ3v) is 4.10. The third kappa shape index (κ3) is 3.18. The summed E-state index contributed by atoms with van der Waals surface area (Å²) in [7, 11) is 1.96. The molecule has 1 saturated heterocycles. The van der Waals surface area contributed by atoms with Gasteiger partial charge in [0, 0.05) is 31.4 Å². The van der Waals surface area contributed by atoms with Crippen molar-refractivity contribution in [3.8, 4) is 5.69 Å². The van der Waals surface area contributed by atoms with E-state index in [9.17, 15) is 8.78 Å². The molecule has 1 atom stereocenters. The summed E-state index contributed by atoms with van der Waals surface area (Å²) < 4.78 is 28.2. The first kappa shape index (κ1) is 15.1. The van der Waals surface area contributed by atoms with Gasteiger partial charge in [-0.1, -0.05) is 0 Å². The van der Waals surface area contributed by atoms with Crippen LogP contribution in [0, 0.1) is 11.6 Å². The number of rotatable bonds is 5. The maximum Gasteiger partial charge on any atom is 0.151 e. The first-order valence-corrected chi connectivity index (χ1v) is 7.56. The van der Waals surface area contributed by atoms with Crippen molar-refractivity contribution >= 4 is 0 Å². The number of nitrogens with zero attached hydrogens (tertiary/aromatic N) is 3. The lowest BCUT2D eigenvalue weighted by Crippen LogP contribution is -2.36. The zero-order valence-electron chi connectivity index (χ0n) is 12.6. The van der Waals surface area contributed by atoms with Gasteiger partial charge < -0.3 is 5.32 Å². The minimum atomic E-state index is -0.608. The van der Waals surface area contributed by atoms with E-state index in [4.69, 9.17) is 0 Å². The molecule has 1 fully saturated rings. The van der Waals surface area contributed by atoms with Crippen molar-refractivity contribution in [3.63, 3.8) is 0 Å². The summed E-state index contributed by atoms with van der Waals surface area (Å²) in [6, 6.07) is 5.93. The zero-order chi connectivity index (χ0) is 15.5. The van der Waals surface area contributed by atoms with Crippen LogP contribution in [0.5, 0.6) is 0 Å². The highest BCUT2D eigenvalue weighted by molar-refractivity contribution is 5.33. The van der Waals surface area contributed by atoms with Crippen molar-refractivity contribution in [1.29, 1.82) is 0 Å². The number of benzene rings is 1. The molecule has 1 unspecified atom stereocenters. The first-order chi connectivity index (χ1) is 10.7. The van der Waals surface area contributed by atoms with E-state index in [2.05, 4.69) is 15.3 Å². The number of nitrogens with one attached hydrogen (secondary N) is 1. The van der Waals surface area contributed by atoms with E-state index in [0.717, 1.165) is 31.4 Å². The van der Waals surface area contributed by atoms with E-state index in [1.807, 2.05) is 13.1 Å². The predicted octanol–water partition coefficient (Wildman–Crippen LogP) is 2.33. The lowest BCUT2D eigenvalue weighted by atomic mass is 10.2. The van der Waals surface area contributed by atoms with Gasteiger partial charge in [0.1, 0.15) is 11.5 Å². The van der Waals surface area contributed by atoms with E-state index in [-0.39, 0.29) is 5.69 Å². The van der Waals surface area contributed by atoms with E-state index >= 15 is 0 Å². The Bertz CT molecular complexity index is 641. The van der Waals surface area contributed by atoms with Gasteiger partial charge in [-0.15, -0.1) is 0 Å². The lowest BCUT2D eigenvalue weighted by Gasteiger charge is -2.23. The van der Waals surface area contributed by atoms with Crippen molar-refractivity contribution in [1.82, 2.24) is 20.0 Å². The number of likely N-dealkylation sites (tertiary alicyclic amines) is 1. The Kier molecular flexibility index (Phi) is 4.49. The molecule has 0 bridgehead atoms. The minimum Gasteiger partial charge on any atom is -0.318 e. The van der Waals surface area contributed by atoms with Crippen molar-refractivity contribution in [3.05, 3.63) is 47.8 Å². The highest BCUT2D eigenvalue weighted by Crippen LogP contribution is 2.20. The topological polar surface area (TPSA) is 33.1 Å². The van der Waals surface area contributed by atoms with Crippen LogP contribution < -0.4 is 5.32 Å². The summed E-state index contributed by atoms with van der Waals surface area (Å²) in [4.78, 5) is 2.39. The molecule has 1 aromatic heterocycles. The smallest absolute Gasteiger partial charge is 0.151 e. The number of aromatic nitrogens is 2. The van der Waals surface area contributed by atoms with Gasteiger partial charge in [-0.3, -0.25) is 4.90 Å². The van der Waals surface area contributed by atoms with Gasteiger partial charge in [0.05, 0.1) is 5.69 Å². The van der Waals surface area contributed by atoms with Crippen LogP contribution in [0.1, 0.15) is 18.5 Å². The monoisotopic (exact) mass is 306 g/mol. The van der Waals surface area contributed by atoms with E-state index in [0.29, 0.717) is 6.04 Å². The van der Waals surface area contributed by atoms with Gasteiger partial charge in [0.25, 0.3) is 0 Å². The van der Waals surface area contributed by atoms with E-state index in [1.54, 1.807) is 6.20 Å². The normalized spacial score (nSPS) is 19.0. The molecule has 0 aliphatic carbocycles. The molecule has 22 heavy (non-hydrogen) atoms. The SMILES string of the molecule is CNCC1CCCN1Cc1ccn(-c2ccc(F)cc2F)n1. The fraction of sp³-hybridized carbons (Fsp3) is 0.438. The van der Waals surface area contributed by atoms with Crippen LogP contribution in [0.4, 0.5) is 8.78 Å². The summed E-state index contributed by atoms with van der Waals surface area (Å²) >= 11 is 0. The Balaban J connectivity index is 1.73. The van der Waals surface area contributed by atoms with Gasteiger partial charge in [0.15, 0.2) is 5.82 Å². The summed E-state index contributed by atoms with van der Waals surface area (Å²) in [6.07, 6.45) is 4.10. The van der Waals surface area contributed by atoms with Crippen molar-refractivity contribution < 1.29 is 8.78 Å². The molecule has 1 N–H and O–H groups in total. The number of hydrogen-bond donors (Lipinski definition) is 1. The van der Waals surface area contributed by atoms with Crippen molar-refractivity contribution in [2.24, 2.45) is 0 Å². The molecule has 4 nitrogen and oxygen atoms in total. The van der Waals surface area contributed by atoms with Crippen LogP contribution in [0.3, 0.4) is 0 Å². The molecule has 0 spiro atoms. The summed E-state index contributed by atoms with van der Waals surface area (Å²) in [5.41, 5.74) is 1.16. The molecule has 3 rings (SSSR count). The second kappa shape index (κ2) is 6.54. The molecule has 1 aliphatic heterocycles. The molecular weight excluding hydrogens is 286 g/mol. The average Bonchev–Trinajstić information content (AvgIpc) is 3.10. The van der Waals surface area contributed by atoms with Gasteiger partial charge in [-0.05, 0) is 44.6 Å². The second-order valence-corrected chi connectivity index (χ2v) is 5.67. The van der Waals surface area contributed by atoms with Gasteiger partial charge >= 0.3 is 0 Å². The highest BCUT2D eigenvalue weighted by Gasteiger charge is 2.24. The zero-order valence-corrected chi connectivity index (χ0v) is 12.6. The molecule has 0 radical (unpaired) electrons.